The molecule has 1 atom stereocenters. The first-order chi connectivity index (χ1) is 14.4. The average Bonchev–Trinajstić information content (AvgIpc) is 2.78. The van der Waals surface area contributed by atoms with Crippen LogP contribution in [0.25, 0.3) is 0 Å². The molecule has 1 amide bonds. The first kappa shape index (κ1) is 21.0. The third-order valence-corrected chi connectivity index (χ3v) is 4.94. The van der Waals surface area contributed by atoms with Gasteiger partial charge >= 0.3 is 0 Å². The number of hydrogen-bond acceptors (Lipinski definition) is 3. The van der Waals surface area contributed by atoms with Crippen LogP contribution in [0.2, 0.25) is 0 Å². The zero-order chi connectivity index (χ0) is 21.7. The van der Waals surface area contributed by atoms with Gasteiger partial charge in [0, 0.05) is 18.2 Å². The van der Waals surface area contributed by atoms with Crippen LogP contribution in [-0.2, 0) is 6.61 Å². The van der Waals surface area contributed by atoms with Crippen LogP contribution in [0.5, 0.6) is 5.75 Å². The van der Waals surface area contributed by atoms with E-state index in [1.165, 1.54) is 11.0 Å². The number of rotatable bonds is 6. The van der Waals surface area contributed by atoms with Gasteiger partial charge < -0.3 is 9.64 Å². The molecule has 0 bridgehead atoms. The Balaban J connectivity index is 1.73. The summed E-state index contributed by atoms with van der Waals surface area (Å²) in [6.45, 7) is 1.94. The Labute approximate surface area is 173 Å². The minimum absolute atomic E-state index is 0.197. The van der Waals surface area contributed by atoms with Gasteiger partial charge in [-0.2, -0.15) is 5.26 Å². The summed E-state index contributed by atoms with van der Waals surface area (Å²) in [5, 5.41) is 9.17. The molecule has 4 nitrogen and oxygen atoms in total. The molecule has 0 N–H and O–H groups in total. The van der Waals surface area contributed by atoms with Gasteiger partial charge in [-0.25, -0.2) is 8.78 Å². The highest BCUT2D eigenvalue weighted by Gasteiger charge is 2.20. The molecule has 0 spiro atoms. The van der Waals surface area contributed by atoms with Crippen molar-refractivity contribution in [3.8, 4) is 11.8 Å². The molecule has 0 fully saturated rings. The van der Waals surface area contributed by atoms with Gasteiger partial charge in [-0.15, -0.1) is 0 Å². The molecular formula is C24H20F2N2O2. The third-order valence-electron chi connectivity index (χ3n) is 4.94. The van der Waals surface area contributed by atoms with Crippen LogP contribution in [-0.4, -0.2) is 17.9 Å². The maximum absolute atomic E-state index is 13.5. The van der Waals surface area contributed by atoms with E-state index in [1.54, 1.807) is 50.4 Å². The van der Waals surface area contributed by atoms with Crippen LogP contribution in [0.3, 0.4) is 0 Å². The maximum atomic E-state index is 13.5. The molecular weight excluding hydrogens is 386 g/mol. The predicted molar refractivity (Wildman–Crippen MR) is 109 cm³/mol. The molecule has 0 aliphatic rings. The van der Waals surface area contributed by atoms with Gasteiger partial charge in [0.1, 0.15) is 12.4 Å². The summed E-state index contributed by atoms with van der Waals surface area (Å²) in [6.07, 6.45) is 0. The van der Waals surface area contributed by atoms with Crippen LogP contribution in [0.4, 0.5) is 8.78 Å². The number of carbonyl (C=O) groups excluding carboxylic acids is 1. The van der Waals surface area contributed by atoms with Gasteiger partial charge in [-0.3, -0.25) is 4.79 Å². The lowest BCUT2D eigenvalue weighted by atomic mass is 10.1. The lowest BCUT2D eigenvalue weighted by molar-refractivity contribution is 0.0742. The number of ether oxygens (including phenoxy) is 1. The Hall–Kier alpha value is -3.72. The summed E-state index contributed by atoms with van der Waals surface area (Å²) in [5.74, 6) is -1.67. The summed E-state index contributed by atoms with van der Waals surface area (Å²) < 4.78 is 32.5. The van der Waals surface area contributed by atoms with Gasteiger partial charge in [0.05, 0.1) is 17.7 Å². The van der Waals surface area contributed by atoms with Crippen molar-refractivity contribution >= 4 is 5.91 Å². The first-order valence-corrected chi connectivity index (χ1v) is 9.33. The second-order valence-corrected chi connectivity index (χ2v) is 6.85. The number of carbonyl (C=O) groups is 1. The van der Waals surface area contributed by atoms with Gasteiger partial charge in [-0.1, -0.05) is 30.3 Å². The molecule has 0 aromatic heterocycles. The number of benzene rings is 3. The van der Waals surface area contributed by atoms with Crippen molar-refractivity contribution in [2.45, 2.75) is 19.6 Å². The molecule has 6 heteroatoms. The second-order valence-electron chi connectivity index (χ2n) is 6.85. The van der Waals surface area contributed by atoms with Crippen LogP contribution in [0.1, 0.15) is 40.0 Å². The van der Waals surface area contributed by atoms with Crippen molar-refractivity contribution < 1.29 is 18.3 Å². The highest BCUT2D eigenvalue weighted by Crippen LogP contribution is 2.24. The molecule has 0 heterocycles. The first-order valence-electron chi connectivity index (χ1n) is 9.33. The highest BCUT2D eigenvalue weighted by atomic mass is 19.2. The fourth-order valence-electron chi connectivity index (χ4n) is 3.01. The van der Waals surface area contributed by atoms with Gasteiger partial charge in [0.25, 0.3) is 5.91 Å². The monoisotopic (exact) mass is 406 g/mol. The van der Waals surface area contributed by atoms with Crippen molar-refractivity contribution in [2.75, 3.05) is 7.05 Å². The zero-order valence-electron chi connectivity index (χ0n) is 16.6. The largest absolute Gasteiger partial charge is 0.489 e. The van der Waals surface area contributed by atoms with Crippen molar-refractivity contribution in [3.63, 3.8) is 0 Å². The van der Waals surface area contributed by atoms with Gasteiger partial charge in [0.15, 0.2) is 11.6 Å². The standard InChI is InChI=1S/C24H20F2N2O2/c1-16(17-10-11-22(25)23(26)13-17)28(2)24(29)18-8-5-9-21(12-18)30-15-20-7-4-3-6-19(20)14-27/h3-13,16H,15H2,1-2H3. The van der Waals surface area contributed by atoms with E-state index in [9.17, 15) is 18.8 Å². The van der Waals surface area contributed by atoms with Crippen LogP contribution in [0, 0.1) is 23.0 Å². The van der Waals surface area contributed by atoms with E-state index in [-0.39, 0.29) is 12.5 Å². The number of nitrogens with zero attached hydrogens (tertiary/aromatic N) is 2. The Morgan fingerprint density at radius 1 is 1.07 bits per heavy atom. The summed E-state index contributed by atoms with van der Waals surface area (Å²) in [7, 11) is 1.60. The molecule has 3 aromatic carbocycles. The highest BCUT2D eigenvalue weighted by molar-refractivity contribution is 5.94. The number of halogens is 2. The van der Waals surface area contributed by atoms with Crippen molar-refractivity contribution in [1.82, 2.24) is 4.90 Å². The van der Waals surface area contributed by atoms with E-state index in [2.05, 4.69) is 6.07 Å². The third kappa shape index (κ3) is 4.64. The lowest BCUT2D eigenvalue weighted by Gasteiger charge is -2.25. The van der Waals surface area contributed by atoms with E-state index < -0.39 is 17.7 Å². The molecule has 0 radical (unpaired) electrons. The Kier molecular flexibility index (Phi) is 6.43. The zero-order valence-corrected chi connectivity index (χ0v) is 16.6. The summed E-state index contributed by atoms with van der Waals surface area (Å²) in [5.41, 5.74) is 2.17. The molecule has 0 aliphatic carbocycles. The van der Waals surface area contributed by atoms with Crippen LogP contribution >= 0.6 is 0 Å². The summed E-state index contributed by atoms with van der Waals surface area (Å²) in [4.78, 5) is 14.4. The minimum atomic E-state index is -0.951. The lowest BCUT2D eigenvalue weighted by Crippen LogP contribution is -2.29. The predicted octanol–water partition coefficient (Wildman–Crippen LogP) is 5.25. The molecule has 3 aromatic rings. The smallest absolute Gasteiger partial charge is 0.254 e. The average molecular weight is 406 g/mol. The molecule has 0 saturated carbocycles. The minimum Gasteiger partial charge on any atom is -0.489 e. The van der Waals surface area contributed by atoms with Crippen LogP contribution < -0.4 is 4.74 Å². The van der Waals surface area contributed by atoms with E-state index in [1.807, 2.05) is 12.1 Å². The molecule has 152 valence electrons. The quantitative estimate of drug-likeness (QED) is 0.562. The topological polar surface area (TPSA) is 53.3 Å². The SMILES string of the molecule is CC(c1ccc(F)c(F)c1)N(C)C(=O)c1cccc(OCc2ccccc2C#N)c1. The maximum Gasteiger partial charge on any atom is 0.254 e. The van der Waals surface area contributed by atoms with Crippen molar-refractivity contribution in [3.05, 3.63) is 101 Å². The molecule has 30 heavy (non-hydrogen) atoms. The Morgan fingerprint density at radius 3 is 2.57 bits per heavy atom. The molecule has 0 saturated heterocycles. The van der Waals surface area contributed by atoms with Crippen molar-refractivity contribution in [1.29, 1.82) is 5.26 Å². The van der Waals surface area contributed by atoms with Gasteiger partial charge in [0.2, 0.25) is 0 Å². The van der Waals surface area contributed by atoms with E-state index in [0.717, 1.165) is 17.7 Å². The van der Waals surface area contributed by atoms with E-state index in [4.69, 9.17) is 4.74 Å². The van der Waals surface area contributed by atoms with Crippen molar-refractivity contribution in [2.24, 2.45) is 0 Å². The molecule has 1 unspecified atom stereocenters. The normalized spacial score (nSPS) is 11.4. The molecule has 3 rings (SSSR count). The fraction of sp³-hybridized carbons (Fsp3) is 0.167. The Morgan fingerprint density at radius 2 is 1.83 bits per heavy atom. The molecule has 0 aliphatic heterocycles. The van der Waals surface area contributed by atoms with E-state index >= 15 is 0 Å². The number of amides is 1. The number of nitriles is 1. The summed E-state index contributed by atoms with van der Waals surface area (Å²) >= 11 is 0. The summed E-state index contributed by atoms with van der Waals surface area (Å²) in [6, 6.07) is 19.1. The fourth-order valence-corrected chi connectivity index (χ4v) is 3.01. The van der Waals surface area contributed by atoms with Crippen LogP contribution in [0.15, 0.2) is 66.7 Å². The Bertz CT molecular complexity index is 1110. The second kappa shape index (κ2) is 9.19. The van der Waals surface area contributed by atoms with Gasteiger partial charge in [-0.05, 0) is 48.9 Å². The van der Waals surface area contributed by atoms with E-state index in [0.29, 0.717) is 22.4 Å². The number of hydrogen-bond donors (Lipinski definition) is 0.